The number of nitrogens with one attached hydrogen (secondary N) is 1. The van der Waals surface area contributed by atoms with Crippen molar-refractivity contribution < 1.29 is 18.3 Å². The lowest BCUT2D eigenvalue weighted by molar-refractivity contribution is -0.119. The molecule has 4 N–H and O–H groups in total. The van der Waals surface area contributed by atoms with Crippen LogP contribution in [0.15, 0.2) is 12.3 Å². The van der Waals surface area contributed by atoms with Crippen molar-refractivity contribution >= 4 is 23.3 Å². The van der Waals surface area contributed by atoms with Crippen LogP contribution in [0.5, 0.6) is 0 Å². The molecule has 0 aliphatic heterocycles. The number of alkyl halides is 3. The average molecular weight is 297 g/mol. The van der Waals surface area contributed by atoms with Crippen LogP contribution in [0.4, 0.5) is 19.0 Å². The van der Waals surface area contributed by atoms with Gasteiger partial charge in [-0.15, -0.1) is 0 Å². The maximum atomic E-state index is 12.4. The van der Waals surface area contributed by atoms with Crippen LogP contribution in [0, 0.1) is 5.41 Å². The van der Waals surface area contributed by atoms with Crippen molar-refractivity contribution in [1.29, 1.82) is 5.41 Å². The van der Waals surface area contributed by atoms with Crippen molar-refractivity contribution in [2.24, 2.45) is 5.73 Å². The fourth-order valence-corrected chi connectivity index (χ4v) is 1.79. The minimum absolute atomic E-state index is 0.0942. The number of halogens is 4. The number of hydrogen-bond acceptors (Lipinski definition) is 4. The van der Waals surface area contributed by atoms with E-state index in [1.807, 2.05) is 0 Å². The highest BCUT2D eigenvalue weighted by Gasteiger charge is 2.32. The van der Waals surface area contributed by atoms with Gasteiger partial charge in [-0.05, 0) is 6.07 Å². The van der Waals surface area contributed by atoms with Crippen LogP contribution in [0.2, 0.25) is 5.02 Å². The molecular weight excluding hydrogens is 285 g/mol. The van der Waals surface area contributed by atoms with Crippen LogP contribution in [0.25, 0.3) is 0 Å². The van der Waals surface area contributed by atoms with Crippen LogP contribution >= 0.6 is 11.6 Å². The van der Waals surface area contributed by atoms with E-state index >= 15 is 0 Å². The summed E-state index contributed by atoms with van der Waals surface area (Å²) in [7, 11) is 0. The molecule has 106 valence electrons. The van der Waals surface area contributed by atoms with Crippen molar-refractivity contribution in [3.8, 4) is 0 Å². The summed E-state index contributed by atoms with van der Waals surface area (Å²) in [4.78, 5) is 4.54. The second kappa shape index (κ2) is 6.07. The SMILES string of the molecule is N=C(N)c1ccnc(N(CCO)CC(F)(F)F)c1Cl. The third-order valence-corrected chi connectivity index (χ3v) is 2.57. The third kappa shape index (κ3) is 4.25. The Labute approximate surface area is 112 Å². The van der Waals surface area contributed by atoms with Gasteiger partial charge in [0.05, 0.1) is 11.6 Å². The first-order chi connectivity index (χ1) is 8.76. The van der Waals surface area contributed by atoms with E-state index in [0.29, 0.717) is 0 Å². The second-order valence-corrected chi connectivity index (χ2v) is 4.05. The van der Waals surface area contributed by atoms with Crippen LogP contribution in [0.3, 0.4) is 0 Å². The molecule has 0 amide bonds. The summed E-state index contributed by atoms with van der Waals surface area (Å²) in [5.74, 6) is -0.537. The molecule has 0 saturated carbocycles. The molecule has 0 spiro atoms. The lowest BCUT2D eigenvalue weighted by Gasteiger charge is -2.25. The van der Waals surface area contributed by atoms with E-state index in [1.54, 1.807) is 0 Å². The van der Waals surface area contributed by atoms with Gasteiger partial charge in [0.15, 0.2) is 0 Å². The maximum absolute atomic E-state index is 12.4. The number of aliphatic hydroxyl groups is 1. The second-order valence-electron chi connectivity index (χ2n) is 3.67. The number of nitrogen functional groups attached to an aromatic ring is 1. The minimum atomic E-state index is -4.47. The Hall–Kier alpha value is -1.54. The lowest BCUT2D eigenvalue weighted by atomic mass is 10.2. The minimum Gasteiger partial charge on any atom is -0.395 e. The fourth-order valence-electron chi connectivity index (χ4n) is 1.46. The van der Waals surface area contributed by atoms with Gasteiger partial charge in [0.25, 0.3) is 0 Å². The van der Waals surface area contributed by atoms with E-state index in [-0.39, 0.29) is 28.8 Å². The van der Waals surface area contributed by atoms with E-state index in [4.69, 9.17) is 27.9 Å². The molecule has 1 aromatic rings. The Morgan fingerprint density at radius 1 is 1.53 bits per heavy atom. The van der Waals surface area contributed by atoms with Crippen molar-refractivity contribution in [1.82, 2.24) is 4.98 Å². The summed E-state index contributed by atoms with van der Waals surface area (Å²) in [5, 5.41) is 15.9. The van der Waals surface area contributed by atoms with Crippen molar-refractivity contribution in [3.05, 3.63) is 22.8 Å². The largest absolute Gasteiger partial charge is 0.405 e. The molecule has 0 atom stereocenters. The third-order valence-electron chi connectivity index (χ3n) is 2.20. The maximum Gasteiger partial charge on any atom is 0.405 e. The zero-order chi connectivity index (χ0) is 14.6. The predicted molar refractivity (Wildman–Crippen MR) is 65.6 cm³/mol. The Bertz CT molecular complexity index is 467. The number of anilines is 1. The highest BCUT2D eigenvalue weighted by atomic mass is 35.5. The fraction of sp³-hybridized carbons (Fsp3) is 0.400. The Kier molecular flexibility index (Phi) is 4.96. The summed E-state index contributed by atoms with van der Waals surface area (Å²) in [6, 6.07) is 1.33. The summed E-state index contributed by atoms with van der Waals surface area (Å²) in [6.07, 6.45) is -3.26. The smallest absolute Gasteiger partial charge is 0.395 e. The van der Waals surface area contributed by atoms with Crippen molar-refractivity contribution in [2.45, 2.75) is 6.18 Å². The van der Waals surface area contributed by atoms with Crippen LogP contribution in [-0.4, -0.2) is 41.8 Å². The normalized spacial score (nSPS) is 11.4. The highest BCUT2D eigenvalue weighted by Crippen LogP contribution is 2.29. The quantitative estimate of drug-likeness (QED) is 0.566. The topological polar surface area (TPSA) is 86.2 Å². The first-order valence-electron chi connectivity index (χ1n) is 5.17. The standard InChI is InChI=1S/C10H12ClF3N4O/c11-7-6(8(15)16)1-2-17-9(7)18(3-4-19)5-10(12,13)14/h1-2,19H,3-5H2,(H3,15,16). The van der Waals surface area contributed by atoms with Gasteiger partial charge in [-0.2, -0.15) is 13.2 Å². The molecule has 19 heavy (non-hydrogen) atoms. The van der Waals surface area contributed by atoms with E-state index in [1.165, 1.54) is 12.3 Å². The summed E-state index contributed by atoms with van der Waals surface area (Å²) in [5.41, 5.74) is 5.36. The molecule has 0 aliphatic rings. The van der Waals surface area contributed by atoms with Gasteiger partial charge < -0.3 is 15.7 Å². The monoisotopic (exact) mass is 296 g/mol. The first kappa shape index (κ1) is 15.5. The molecule has 0 saturated heterocycles. The van der Waals surface area contributed by atoms with E-state index in [9.17, 15) is 13.2 Å². The van der Waals surface area contributed by atoms with Gasteiger partial charge in [-0.25, -0.2) is 4.98 Å². The Morgan fingerprint density at radius 2 is 2.16 bits per heavy atom. The number of amidine groups is 1. The summed E-state index contributed by atoms with van der Waals surface area (Å²) >= 11 is 5.89. The first-order valence-corrected chi connectivity index (χ1v) is 5.55. The number of nitrogens with zero attached hydrogens (tertiary/aromatic N) is 2. The molecule has 0 bridgehead atoms. The molecule has 5 nitrogen and oxygen atoms in total. The number of pyridine rings is 1. The predicted octanol–water partition coefficient (Wildman–Crippen LogP) is 1.38. The van der Waals surface area contributed by atoms with Gasteiger partial charge in [-0.3, -0.25) is 5.41 Å². The Morgan fingerprint density at radius 3 is 2.63 bits per heavy atom. The molecule has 0 radical (unpaired) electrons. The van der Waals surface area contributed by atoms with E-state index < -0.39 is 19.3 Å². The summed E-state index contributed by atoms with van der Waals surface area (Å²) < 4.78 is 37.3. The zero-order valence-corrected chi connectivity index (χ0v) is 10.5. The number of hydrogen-bond donors (Lipinski definition) is 3. The number of aromatic nitrogens is 1. The Balaban J connectivity index is 3.16. The number of nitrogens with two attached hydrogens (primary N) is 1. The molecule has 0 unspecified atom stereocenters. The van der Waals surface area contributed by atoms with Gasteiger partial charge in [0.1, 0.15) is 18.2 Å². The molecule has 9 heteroatoms. The van der Waals surface area contributed by atoms with Crippen LogP contribution in [-0.2, 0) is 0 Å². The molecule has 1 rings (SSSR count). The van der Waals surface area contributed by atoms with E-state index in [0.717, 1.165) is 4.90 Å². The highest BCUT2D eigenvalue weighted by molar-refractivity contribution is 6.36. The number of aliphatic hydroxyl groups excluding tert-OH is 1. The van der Waals surface area contributed by atoms with Crippen molar-refractivity contribution in [3.63, 3.8) is 0 Å². The van der Waals surface area contributed by atoms with Gasteiger partial charge >= 0.3 is 6.18 Å². The van der Waals surface area contributed by atoms with E-state index in [2.05, 4.69) is 4.98 Å². The molecule has 0 aromatic carbocycles. The van der Waals surface area contributed by atoms with Gasteiger partial charge in [0.2, 0.25) is 0 Å². The number of rotatable bonds is 5. The van der Waals surface area contributed by atoms with Crippen LogP contribution < -0.4 is 10.6 Å². The zero-order valence-electron chi connectivity index (χ0n) is 9.71. The molecule has 0 aliphatic carbocycles. The summed E-state index contributed by atoms with van der Waals surface area (Å²) in [6.45, 7) is -2.08. The molecular formula is C10H12ClF3N4O. The average Bonchev–Trinajstić information content (AvgIpc) is 2.26. The van der Waals surface area contributed by atoms with Crippen LogP contribution in [0.1, 0.15) is 5.56 Å². The van der Waals surface area contributed by atoms with Crippen molar-refractivity contribution in [2.75, 3.05) is 24.6 Å². The lowest BCUT2D eigenvalue weighted by Crippen LogP contribution is -2.37. The molecule has 0 fully saturated rings. The van der Waals surface area contributed by atoms with Gasteiger partial charge in [-0.1, -0.05) is 11.6 Å². The molecule has 1 aromatic heterocycles. The van der Waals surface area contributed by atoms with Gasteiger partial charge in [0, 0.05) is 18.3 Å². The molecule has 1 heterocycles.